The average molecular weight is 631 g/mol. The van der Waals surface area contributed by atoms with Gasteiger partial charge in [0.05, 0.1) is 0 Å². The third-order valence-electron chi connectivity index (χ3n) is 6.18. The van der Waals surface area contributed by atoms with Gasteiger partial charge in [-0.1, -0.05) is 0 Å². The molecule has 4 unspecified atom stereocenters. The lowest BCUT2D eigenvalue weighted by Crippen LogP contribution is -2.61. The normalized spacial score (nSPS) is 18.6. The lowest BCUT2D eigenvalue weighted by Gasteiger charge is -2.45. The van der Waals surface area contributed by atoms with Gasteiger partial charge in [-0.05, 0) is 104 Å². The van der Waals surface area contributed by atoms with E-state index in [2.05, 4.69) is 53.9 Å². The third-order valence-corrected chi connectivity index (χ3v) is 23.5. The predicted octanol–water partition coefficient (Wildman–Crippen LogP) is 6.32. The van der Waals surface area contributed by atoms with Crippen LogP contribution in [0.15, 0.2) is 0 Å². The maximum Gasteiger partial charge on any atom is 0.326 e. The fourth-order valence-corrected chi connectivity index (χ4v) is 25.3. The molecule has 0 aliphatic rings. The molecule has 0 aliphatic carbocycles. The second-order valence-electron chi connectivity index (χ2n) is 11.6. The molecule has 13 heteroatoms. The molecule has 0 radical (unpaired) electrons. The van der Waals surface area contributed by atoms with Gasteiger partial charge >= 0.3 is 34.2 Å². The zero-order valence-corrected chi connectivity index (χ0v) is 31.3. The SMILES string of the molecule is COCCC[Si](C)(OC(C)C)O[Si](C)(CCCOC)O[Si](C)(CCCOC)O[Si](C)(CCCOC)OC(C)C. The molecule has 0 N–H and O–H groups in total. The Bertz CT molecular complexity index is 572. The Hall–Kier alpha value is 0.508. The predicted molar refractivity (Wildman–Crippen MR) is 167 cm³/mol. The zero-order valence-electron chi connectivity index (χ0n) is 27.3. The standard InChI is InChI=1S/C26H62O9Si4/c1-25(2)31-36(9,21-13-17-27-5)33-38(11,23-15-19-29-7)35-39(12,24-16-20-30-8)34-37(10,32-26(3)4)22-14-18-28-6/h25-26H,13-24H2,1-12H3. The van der Waals surface area contributed by atoms with Crippen molar-refractivity contribution in [1.29, 1.82) is 0 Å². The zero-order chi connectivity index (χ0) is 30.0. The van der Waals surface area contributed by atoms with Gasteiger partial charge in [-0.15, -0.1) is 0 Å². The van der Waals surface area contributed by atoms with Gasteiger partial charge in [0.15, 0.2) is 0 Å². The van der Waals surface area contributed by atoms with Crippen molar-refractivity contribution in [3.05, 3.63) is 0 Å². The molecule has 39 heavy (non-hydrogen) atoms. The summed E-state index contributed by atoms with van der Waals surface area (Å²) in [4.78, 5) is 0. The van der Waals surface area contributed by atoms with Crippen LogP contribution in [0.2, 0.25) is 50.4 Å². The highest BCUT2D eigenvalue weighted by Crippen LogP contribution is 2.34. The summed E-state index contributed by atoms with van der Waals surface area (Å²) in [7, 11) is -3.75. The number of ether oxygens (including phenoxy) is 4. The highest BCUT2D eigenvalue weighted by atomic mass is 28.5. The van der Waals surface area contributed by atoms with Crippen LogP contribution in [-0.4, -0.2) is 101 Å². The van der Waals surface area contributed by atoms with Crippen LogP contribution in [0.1, 0.15) is 53.4 Å². The van der Waals surface area contributed by atoms with Crippen molar-refractivity contribution in [2.75, 3.05) is 54.9 Å². The lowest BCUT2D eigenvalue weighted by molar-refractivity contribution is 0.148. The van der Waals surface area contributed by atoms with E-state index in [4.69, 9.17) is 40.1 Å². The summed E-state index contributed by atoms with van der Waals surface area (Å²) in [5.74, 6) is 0. The largest absolute Gasteiger partial charge is 0.416 e. The summed E-state index contributed by atoms with van der Waals surface area (Å²) in [5, 5.41) is 0. The molecule has 0 heterocycles. The summed E-state index contributed by atoms with van der Waals surface area (Å²) in [6.45, 7) is 19.7. The van der Waals surface area contributed by atoms with Crippen molar-refractivity contribution in [3.8, 4) is 0 Å². The molecule has 0 saturated heterocycles. The van der Waals surface area contributed by atoms with E-state index in [1.165, 1.54) is 0 Å². The Morgan fingerprint density at radius 3 is 0.872 bits per heavy atom. The van der Waals surface area contributed by atoms with E-state index in [9.17, 15) is 0 Å². The van der Waals surface area contributed by atoms with Crippen molar-refractivity contribution in [3.63, 3.8) is 0 Å². The van der Waals surface area contributed by atoms with Gasteiger partial charge in [0.1, 0.15) is 0 Å². The van der Waals surface area contributed by atoms with Gasteiger partial charge in [-0.25, -0.2) is 0 Å². The van der Waals surface area contributed by atoms with Crippen LogP contribution < -0.4 is 0 Å². The molecule has 9 nitrogen and oxygen atoms in total. The summed E-state index contributed by atoms with van der Waals surface area (Å²) >= 11 is 0. The van der Waals surface area contributed by atoms with Crippen molar-refractivity contribution in [2.45, 2.75) is 116 Å². The van der Waals surface area contributed by atoms with Crippen LogP contribution >= 0.6 is 0 Å². The van der Waals surface area contributed by atoms with Crippen LogP contribution in [0, 0.1) is 0 Å². The van der Waals surface area contributed by atoms with E-state index in [1.54, 1.807) is 28.4 Å². The van der Waals surface area contributed by atoms with Crippen LogP contribution in [0.4, 0.5) is 0 Å². The molecule has 236 valence electrons. The smallest absolute Gasteiger partial charge is 0.326 e. The molecule has 0 spiro atoms. The number of methoxy groups -OCH3 is 4. The average Bonchev–Trinajstić information content (AvgIpc) is 2.78. The van der Waals surface area contributed by atoms with E-state index >= 15 is 0 Å². The molecule has 0 aromatic rings. The first-order valence-electron chi connectivity index (χ1n) is 14.6. The van der Waals surface area contributed by atoms with Gasteiger partial charge in [-0.3, -0.25) is 0 Å². The maximum atomic E-state index is 7.26. The second-order valence-corrected chi connectivity index (χ2v) is 25.6. The highest BCUT2D eigenvalue weighted by molar-refractivity contribution is 6.88. The lowest BCUT2D eigenvalue weighted by atomic mass is 10.5. The molecule has 0 aliphatic heterocycles. The summed E-state index contributed by atoms with van der Waals surface area (Å²) in [6.07, 6.45) is 3.63. The molecule has 0 amide bonds. The van der Waals surface area contributed by atoms with Crippen molar-refractivity contribution < 1.29 is 40.1 Å². The van der Waals surface area contributed by atoms with Gasteiger partial charge in [0.25, 0.3) is 0 Å². The Balaban J connectivity index is 6.28. The van der Waals surface area contributed by atoms with Crippen molar-refractivity contribution >= 4 is 34.2 Å². The Morgan fingerprint density at radius 1 is 0.410 bits per heavy atom. The van der Waals surface area contributed by atoms with Crippen molar-refractivity contribution in [1.82, 2.24) is 0 Å². The van der Waals surface area contributed by atoms with E-state index in [1.807, 2.05) is 0 Å². The van der Waals surface area contributed by atoms with Crippen LogP contribution in [0.5, 0.6) is 0 Å². The Kier molecular flexibility index (Phi) is 20.7. The van der Waals surface area contributed by atoms with Gasteiger partial charge < -0.3 is 40.1 Å². The van der Waals surface area contributed by atoms with Crippen LogP contribution in [-0.2, 0) is 40.1 Å². The van der Waals surface area contributed by atoms with E-state index in [0.717, 1.165) is 49.9 Å². The third kappa shape index (κ3) is 18.6. The summed E-state index contributed by atoms with van der Waals surface area (Å²) in [5.41, 5.74) is 0. The minimum Gasteiger partial charge on any atom is -0.416 e. The fraction of sp³-hybridized carbons (Fsp3) is 1.00. The first-order chi connectivity index (χ1) is 18.2. The first kappa shape index (κ1) is 39.5. The molecule has 0 aromatic carbocycles. The van der Waals surface area contributed by atoms with E-state index in [-0.39, 0.29) is 12.2 Å². The quantitative estimate of drug-likeness (QED) is 0.0805. The second kappa shape index (κ2) is 20.4. The Labute approximate surface area is 244 Å². The Morgan fingerprint density at radius 2 is 0.641 bits per heavy atom. The molecule has 0 rings (SSSR count). The topological polar surface area (TPSA) is 83.1 Å². The van der Waals surface area contributed by atoms with Gasteiger partial charge in [0, 0.05) is 67.1 Å². The maximum absolute atomic E-state index is 7.26. The number of rotatable bonds is 26. The monoisotopic (exact) mass is 630 g/mol. The molecule has 0 saturated carbocycles. The number of hydrogen-bond donors (Lipinski definition) is 0. The molecule has 0 fully saturated rings. The van der Waals surface area contributed by atoms with Crippen LogP contribution in [0.25, 0.3) is 0 Å². The van der Waals surface area contributed by atoms with Gasteiger partial charge in [0.2, 0.25) is 0 Å². The summed E-state index contributed by atoms with van der Waals surface area (Å²) in [6, 6.07) is 3.30. The molecular formula is C26H62O9Si4. The number of hydrogen-bond acceptors (Lipinski definition) is 9. The van der Waals surface area contributed by atoms with Gasteiger partial charge in [-0.2, -0.15) is 0 Å². The van der Waals surface area contributed by atoms with Crippen LogP contribution in [0.3, 0.4) is 0 Å². The molecule has 4 atom stereocenters. The minimum absolute atomic E-state index is 0.0685. The minimum atomic E-state index is -2.77. The van der Waals surface area contributed by atoms with Crippen molar-refractivity contribution in [2.24, 2.45) is 0 Å². The molecular weight excluding hydrogens is 569 g/mol. The van der Waals surface area contributed by atoms with E-state index < -0.39 is 34.2 Å². The van der Waals surface area contributed by atoms with E-state index in [0.29, 0.717) is 26.4 Å². The highest BCUT2D eigenvalue weighted by Gasteiger charge is 2.51. The molecule has 0 aromatic heterocycles. The molecule has 0 bridgehead atoms. The summed E-state index contributed by atoms with van der Waals surface area (Å²) < 4.78 is 56.1. The first-order valence-corrected chi connectivity index (χ1v) is 24.7. The fourth-order valence-electron chi connectivity index (χ4n) is 5.03.